The molecule has 2 aromatic carbocycles. The quantitative estimate of drug-likeness (QED) is 0.651. The van der Waals surface area contributed by atoms with Gasteiger partial charge in [-0.05, 0) is 55.7 Å². The van der Waals surface area contributed by atoms with Crippen LogP contribution in [0.3, 0.4) is 0 Å². The first kappa shape index (κ1) is 20.3. The highest BCUT2D eigenvalue weighted by Crippen LogP contribution is 2.39. The third kappa shape index (κ3) is 3.53. The highest BCUT2D eigenvalue weighted by atomic mass is 16.5. The lowest BCUT2D eigenvalue weighted by molar-refractivity contribution is -0.133. The Kier molecular flexibility index (Phi) is 4.96. The molecule has 3 aromatic rings. The van der Waals surface area contributed by atoms with Gasteiger partial charge < -0.3 is 15.0 Å². The first-order valence-electron chi connectivity index (χ1n) is 10.9. The molecule has 0 saturated heterocycles. The molecule has 7 heteroatoms. The molecule has 1 N–H and O–H groups in total. The number of carbonyl (C=O) groups is 2. The predicted molar refractivity (Wildman–Crippen MR) is 120 cm³/mol. The van der Waals surface area contributed by atoms with Crippen LogP contribution in [0.15, 0.2) is 60.7 Å². The molecule has 2 aliphatic rings. The number of rotatable bonds is 6. The standard InChI is InChI=1S/C25H26N4O3/c1-25(24(31)26-15-17-6-4-3-5-7-17)16-28-22(23(30)29(25)19-10-11-19)14-21(27-28)18-8-12-20(32-2)13-9-18/h3-9,12-14,19H,10-11,15-16H2,1-2H3,(H,26,31)/t25-/m1/s1. The van der Waals surface area contributed by atoms with E-state index in [1.807, 2.05) is 67.6 Å². The molecule has 1 atom stereocenters. The lowest BCUT2D eigenvalue weighted by atomic mass is 9.94. The Morgan fingerprint density at radius 3 is 2.53 bits per heavy atom. The Hall–Kier alpha value is -3.61. The van der Waals surface area contributed by atoms with E-state index in [0.717, 1.165) is 29.7 Å². The number of hydrogen-bond acceptors (Lipinski definition) is 4. The number of amides is 2. The second-order valence-corrected chi connectivity index (χ2v) is 8.65. The van der Waals surface area contributed by atoms with Crippen LogP contribution in [-0.2, 0) is 17.9 Å². The van der Waals surface area contributed by atoms with Crippen molar-refractivity contribution in [2.24, 2.45) is 0 Å². The number of methoxy groups -OCH3 is 1. The maximum Gasteiger partial charge on any atom is 0.273 e. The van der Waals surface area contributed by atoms with Crippen LogP contribution >= 0.6 is 0 Å². The van der Waals surface area contributed by atoms with Crippen LogP contribution < -0.4 is 10.1 Å². The predicted octanol–water partition coefficient (Wildman–Crippen LogP) is 3.25. The van der Waals surface area contributed by atoms with E-state index < -0.39 is 5.54 Å². The van der Waals surface area contributed by atoms with E-state index in [4.69, 9.17) is 4.74 Å². The molecular weight excluding hydrogens is 404 g/mol. The van der Waals surface area contributed by atoms with Crippen molar-refractivity contribution >= 4 is 11.8 Å². The van der Waals surface area contributed by atoms with E-state index in [2.05, 4.69) is 10.4 Å². The molecule has 7 nitrogen and oxygen atoms in total. The fourth-order valence-corrected chi connectivity index (χ4v) is 4.38. The lowest BCUT2D eigenvalue weighted by Gasteiger charge is -2.43. The van der Waals surface area contributed by atoms with Crippen molar-refractivity contribution in [2.75, 3.05) is 7.11 Å². The number of ether oxygens (including phenoxy) is 1. The Morgan fingerprint density at radius 2 is 1.88 bits per heavy atom. The molecular formula is C25H26N4O3. The highest BCUT2D eigenvalue weighted by Gasteiger charge is 2.53. The monoisotopic (exact) mass is 430 g/mol. The third-order valence-corrected chi connectivity index (χ3v) is 6.29. The highest BCUT2D eigenvalue weighted by molar-refractivity contribution is 6.00. The second kappa shape index (κ2) is 7.82. The van der Waals surface area contributed by atoms with Gasteiger partial charge in [-0.25, -0.2) is 0 Å². The van der Waals surface area contributed by atoms with E-state index in [-0.39, 0.29) is 17.9 Å². The average molecular weight is 431 g/mol. The van der Waals surface area contributed by atoms with Crippen LogP contribution in [0.4, 0.5) is 0 Å². The van der Waals surface area contributed by atoms with Gasteiger partial charge in [0.1, 0.15) is 17.0 Å². The summed E-state index contributed by atoms with van der Waals surface area (Å²) in [7, 11) is 1.62. The topological polar surface area (TPSA) is 76.5 Å². The summed E-state index contributed by atoms with van der Waals surface area (Å²) in [6.45, 7) is 2.59. The minimum atomic E-state index is -0.997. The summed E-state index contributed by atoms with van der Waals surface area (Å²) in [5.41, 5.74) is 2.15. The van der Waals surface area contributed by atoms with Crippen molar-refractivity contribution in [3.63, 3.8) is 0 Å². The fraction of sp³-hybridized carbons (Fsp3) is 0.320. The number of nitrogens with one attached hydrogen (secondary N) is 1. The molecule has 1 saturated carbocycles. The van der Waals surface area contributed by atoms with E-state index in [0.29, 0.717) is 24.5 Å². The average Bonchev–Trinajstić information content (AvgIpc) is 3.56. The molecule has 0 spiro atoms. The van der Waals surface area contributed by atoms with Crippen molar-refractivity contribution < 1.29 is 14.3 Å². The van der Waals surface area contributed by atoms with Crippen LogP contribution in [0, 0.1) is 0 Å². The van der Waals surface area contributed by atoms with Crippen molar-refractivity contribution in [3.8, 4) is 17.0 Å². The van der Waals surface area contributed by atoms with Crippen LogP contribution in [0.25, 0.3) is 11.3 Å². The van der Waals surface area contributed by atoms with Crippen molar-refractivity contribution in [2.45, 2.75) is 44.4 Å². The van der Waals surface area contributed by atoms with Gasteiger partial charge in [-0.2, -0.15) is 5.10 Å². The van der Waals surface area contributed by atoms with Gasteiger partial charge in [0, 0.05) is 18.2 Å². The fourth-order valence-electron chi connectivity index (χ4n) is 4.38. The van der Waals surface area contributed by atoms with E-state index in [9.17, 15) is 9.59 Å². The summed E-state index contributed by atoms with van der Waals surface area (Å²) in [5.74, 6) is 0.466. The summed E-state index contributed by atoms with van der Waals surface area (Å²) in [6, 6.07) is 19.3. The zero-order valence-electron chi connectivity index (χ0n) is 18.2. The molecule has 164 valence electrons. The van der Waals surface area contributed by atoms with Gasteiger partial charge in [0.05, 0.1) is 19.3 Å². The van der Waals surface area contributed by atoms with Crippen LogP contribution in [0.5, 0.6) is 5.75 Å². The second-order valence-electron chi connectivity index (χ2n) is 8.65. The Labute approximate surface area is 187 Å². The summed E-state index contributed by atoms with van der Waals surface area (Å²) >= 11 is 0. The summed E-state index contributed by atoms with van der Waals surface area (Å²) < 4.78 is 6.91. The van der Waals surface area contributed by atoms with E-state index in [1.165, 1.54) is 0 Å². The van der Waals surface area contributed by atoms with Crippen LogP contribution in [0.1, 0.15) is 35.8 Å². The smallest absolute Gasteiger partial charge is 0.273 e. The molecule has 2 amide bonds. The van der Waals surface area contributed by atoms with Gasteiger partial charge >= 0.3 is 0 Å². The number of nitrogens with zero attached hydrogens (tertiary/aromatic N) is 3. The first-order valence-corrected chi connectivity index (χ1v) is 10.9. The number of benzene rings is 2. The number of fused-ring (bicyclic) bond motifs is 1. The molecule has 0 unspecified atom stereocenters. The molecule has 0 radical (unpaired) electrons. The Balaban J connectivity index is 1.44. The molecule has 1 aliphatic carbocycles. The van der Waals surface area contributed by atoms with Gasteiger partial charge in [0.25, 0.3) is 5.91 Å². The molecule has 32 heavy (non-hydrogen) atoms. The molecule has 2 heterocycles. The van der Waals surface area contributed by atoms with Crippen LogP contribution in [-0.4, -0.2) is 45.2 Å². The maximum atomic E-state index is 13.5. The Bertz CT molecular complexity index is 1150. The van der Waals surface area contributed by atoms with Crippen molar-refractivity contribution in [3.05, 3.63) is 71.9 Å². The molecule has 0 bridgehead atoms. The van der Waals surface area contributed by atoms with Gasteiger partial charge in [0.15, 0.2) is 0 Å². The number of carbonyl (C=O) groups excluding carboxylic acids is 2. The largest absolute Gasteiger partial charge is 0.497 e. The summed E-state index contributed by atoms with van der Waals surface area (Å²) in [4.78, 5) is 28.7. The molecule has 1 aromatic heterocycles. The first-order chi connectivity index (χ1) is 15.5. The molecule has 5 rings (SSSR count). The normalized spacial score (nSPS) is 20.1. The van der Waals surface area contributed by atoms with Gasteiger partial charge in [0.2, 0.25) is 5.91 Å². The molecule has 1 fully saturated rings. The third-order valence-electron chi connectivity index (χ3n) is 6.29. The van der Waals surface area contributed by atoms with Crippen molar-refractivity contribution in [1.29, 1.82) is 0 Å². The zero-order valence-corrected chi connectivity index (χ0v) is 18.2. The number of hydrogen-bond donors (Lipinski definition) is 1. The zero-order chi connectivity index (χ0) is 22.3. The summed E-state index contributed by atoms with van der Waals surface area (Å²) in [6.07, 6.45) is 1.85. The summed E-state index contributed by atoms with van der Waals surface area (Å²) in [5, 5.41) is 7.72. The lowest BCUT2D eigenvalue weighted by Crippen LogP contribution is -2.64. The van der Waals surface area contributed by atoms with Crippen LogP contribution in [0.2, 0.25) is 0 Å². The number of aromatic nitrogens is 2. The van der Waals surface area contributed by atoms with Gasteiger partial charge in [-0.3, -0.25) is 14.3 Å². The molecule has 1 aliphatic heterocycles. The van der Waals surface area contributed by atoms with E-state index in [1.54, 1.807) is 16.7 Å². The maximum absolute atomic E-state index is 13.5. The minimum Gasteiger partial charge on any atom is -0.497 e. The van der Waals surface area contributed by atoms with Gasteiger partial charge in [-0.1, -0.05) is 30.3 Å². The minimum absolute atomic E-state index is 0.100. The van der Waals surface area contributed by atoms with E-state index >= 15 is 0 Å². The van der Waals surface area contributed by atoms with Crippen molar-refractivity contribution in [1.82, 2.24) is 20.0 Å². The Morgan fingerprint density at radius 1 is 1.16 bits per heavy atom. The van der Waals surface area contributed by atoms with Gasteiger partial charge in [-0.15, -0.1) is 0 Å². The SMILES string of the molecule is COc1ccc(-c2cc3n(n2)C[C@](C)(C(=O)NCc2ccccc2)N(C2CC2)C3=O)cc1.